The van der Waals surface area contributed by atoms with E-state index in [-0.39, 0.29) is 11.8 Å². The van der Waals surface area contributed by atoms with Crippen molar-refractivity contribution in [1.82, 2.24) is 0 Å². The van der Waals surface area contributed by atoms with E-state index in [1.807, 2.05) is 24.3 Å². The Morgan fingerprint density at radius 3 is 1.25 bits per heavy atom. The molecule has 0 bridgehead atoms. The highest BCUT2D eigenvalue weighted by Gasteiger charge is 2.58. The van der Waals surface area contributed by atoms with Crippen molar-refractivity contribution in [2.24, 2.45) is 23.3 Å². The Balaban J connectivity index is 1.62. The van der Waals surface area contributed by atoms with E-state index < -0.39 is 34.2 Å². The summed E-state index contributed by atoms with van der Waals surface area (Å²) >= 11 is 25.4. The molecule has 0 spiro atoms. The molecule has 2 unspecified atom stereocenters. The third-order valence-corrected chi connectivity index (χ3v) is 12.9. The van der Waals surface area contributed by atoms with Crippen LogP contribution in [0.5, 0.6) is 0 Å². The molecule has 0 amide bonds. The summed E-state index contributed by atoms with van der Waals surface area (Å²) in [5.41, 5.74) is 12.1. The Bertz CT molecular complexity index is 1370. The van der Waals surface area contributed by atoms with Crippen LogP contribution in [-0.2, 0) is 29.9 Å². The van der Waals surface area contributed by atoms with Crippen molar-refractivity contribution < 1.29 is 19.1 Å². The Kier molecular flexibility index (Phi) is 13.0. The third kappa shape index (κ3) is 7.75. The lowest BCUT2D eigenvalue weighted by Crippen LogP contribution is -2.64. The number of ether oxygens (including phenoxy) is 2. The lowest BCUT2D eigenvalue weighted by atomic mass is 9.56. The van der Waals surface area contributed by atoms with Crippen LogP contribution in [0.2, 0.25) is 20.1 Å². The molecule has 2 aromatic rings. The van der Waals surface area contributed by atoms with Gasteiger partial charge in [0.05, 0.1) is 20.1 Å². The Hall–Kier alpha value is -1.80. The van der Waals surface area contributed by atoms with Crippen LogP contribution in [0.4, 0.5) is 0 Å². The van der Waals surface area contributed by atoms with E-state index in [0.29, 0.717) is 32.9 Å². The molecule has 4 N–H and O–H groups in total. The topological polar surface area (TPSA) is 105 Å². The quantitative estimate of drug-likeness (QED) is 0.101. The molecule has 10 heteroatoms. The largest absolute Gasteiger partial charge is 0.440 e. The first-order chi connectivity index (χ1) is 22.7. The standard InChI is InChI=1S/C38H50Cl4N2O4/c1-5-25(6-2)23-37(43,35(17-9-18-35)27-11-13-29(39)31(41)21-27)47-33(45)15-16-34(46)48-38(44,24-26(7-3)8-4)36(19-10-20-36)28-12-14-30(40)32(42)22-28/h11-16,21-22,25-26H,5-10,17-20,23-24,43-44H2,1-4H3/b16-15-. The maximum Gasteiger partial charge on any atom is 0.332 e. The highest BCUT2D eigenvalue weighted by molar-refractivity contribution is 6.42. The van der Waals surface area contributed by atoms with E-state index in [1.54, 1.807) is 12.1 Å². The first-order valence-electron chi connectivity index (χ1n) is 17.3. The SMILES string of the molecule is CCC(CC)CC(N)(OC(=O)/C=C\C(=O)OC(N)(CC(CC)CC)C1(c2ccc(Cl)c(Cl)c2)CCC1)C1(c2ccc(Cl)c(Cl)c2)CCC1. The smallest absolute Gasteiger partial charge is 0.332 e. The molecule has 0 aliphatic heterocycles. The highest BCUT2D eigenvalue weighted by atomic mass is 35.5. The van der Waals surface area contributed by atoms with Crippen LogP contribution in [0, 0.1) is 11.8 Å². The Morgan fingerprint density at radius 2 is 1.00 bits per heavy atom. The molecular formula is C38H50Cl4N2O4. The predicted octanol–water partition coefficient (Wildman–Crippen LogP) is 10.4. The minimum absolute atomic E-state index is 0.222. The molecule has 2 aliphatic rings. The average Bonchev–Trinajstić information content (AvgIpc) is 3.00. The van der Waals surface area contributed by atoms with E-state index in [9.17, 15) is 9.59 Å². The van der Waals surface area contributed by atoms with Gasteiger partial charge in [0.2, 0.25) is 0 Å². The van der Waals surface area contributed by atoms with Crippen molar-refractivity contribution in [2.75, 3.05) is 0 Å². The van der Waals surface area contributed by atoms with E-state index in [0.717, 1.165) is 87.5 Å². The summed E-state index contributed by atoms with van der Waals surface area (Å²) in [5.74, 6) is -1.01. The molecule has 0 saturated heterocycles. The van der Waals surface area contributed by atoms with Crippen LogP contribution in [-0.4, -0.2) is 23.4 Å². The molecule has 0 radical (unpaired) electrons. The summed E-state index contributed by atoms with van der Waals surface area (Å²) in [7, 11) is 0. The van der Waals surface area contributed by atoms with Crippen molar-refractivity contribution in [2.45, 2.75) is 127 Å². The Labute approximate surface area is 306 Å². The van der Waals surface area contributed by atoms with Gasteiger partial charge in [0.15, 0.2) is 11.4 Å². The fraction of sp³-hybridized carbons (Fsp3) is 0.579. The number of halogens is 4. The van der Waals surface area contributed by atoms with Gasteiger partial charge in [-0.2, -0.15) is 0 Å². The second-order valence-corrected chi connectivity index (χ2v) is 15.5. The molecule has 6 nitrogen and oxygen atoms in total. The minimum atomic E-state index is -1.35. The number of nitrogens with two attached hydrogens (primary N) is 2. The number of benzene rings is 2. The fourth-order valence-corrected chi connectivity index (χ4v) is 8.40. The maximum absolute atomic E-state index is 13.5. The van der Waals surface area contributed by atoms with Gasteiger partial charge < -0.3 is 9.47 Å². The third-order valence-electron chi connectivity index (χ3n) is 11.4. The van der Waals surface area contributed by atoms with Crippen molar-refractivity contribution >= 4 is 58.3 Å². The molecule has 2 fully saturated rings. The first-order valence-corrected chi connectivity index (χ1v) is 18.9. The molecule has 0 aromatic heterocycles. The van der Waals surface area contributed by atoms with Gasteiger partial charge in [-0.1, -0.05) is 125 Å². The van der Waals surface area contributed by atoms with E-state index in [2.05, 4.69) is 27.7 Å². The summed E-state index contributed by atoms with van der Waals surface area (Å²) in [5, 5.41) is 1.73. The van der Waals surface area contributed by atoms with Gasteiger partial charge >= 0.3 is 11.9 Å². The second kappa shape index (κ2) is 16.0. The van der Waals surface area contributed by atoms with Crippen molar-refractivity contribution in [1.29, 1.82) is 0 Å². The van der Waals surface area contributed by atoms with Crippen LogP contribution < -0.4 is 11.5 Å². The van der Waals surface area contributed by atoms with Crippen molar-refractivity contribution in [3.63, 3.8) is 0 Å². The lowest BCUT2D eigenvalue weighted by Gasteiger charge is -2.54. The maximum atomic E-state index is 13.5. The normalized spacial score (nSPS) is 19.3. The van der Waals surface area contributed by atoms with Crippen LogP contribution in [0.3, 0.4) is 0 Å². The molecule has 2 saturated carbocycles. The second-order valence-electron chi connectivity index (χ2n) is 13.9. The van der Waals surface area contributed by atoms with E-state index >= 15 is 0 Å². The van der Waals surface area contributed by atoms with Gasteiger partial charge in [-0.15, -0.1) is 0 Å². The number of hydrogen-bond acceptors (Lipinski definition) is 6. The van der Waals surface area contributed by atoms with Gasteiger partial charge in [0.1, 0.15) is 0 Å². The number of hydrogen-bond donors (Lipinski definition) is 2. The zero-order valence-electron chi connectivity index (χ0n) is 28.6. The zero-order valence-corrected chi connectivity index (χ0v) is 31.6. The first kappa shape index (κ1) is 39.0. The molecule has 4 rings (SSSR count). The van der Waals surface area contributed by atoms with E-state index in [4.69, 9.17) is 67.3 Å². The van der Waals surface area contributed by atoms with Crippen LogP contribution in [0.15, 0.2) is 48.6 Å². The van der Waals surface area contributed by atoms with Crippen molar-refractivity contribution in [3.8, 4) is 0 Å². The number of carbonyl (C=O) groups excluding carboxylic acids is 2. The number of esters is 2. The molecule has 2 aliphatic carbocycles. The lowest BCUT2D eigenvalue weighted by molar-refractivity contribution is -0.176. The van der Waals surface area contributed by atoms with Crippen molar-refractivity contribution in [3.05, 3.63) is 79.8 Å². The van der Waals surface area contributed by atoms with Gasteiger partial charge in [-0.3, -0.25) is 11.5 Å². The molecule has 48 heavy (non-hydrogen) atoms. The molecule has 2 atom stereocenters. The zero-order chi connectivity index (χ0) is 35.3. The summed E-state index contributed by atoms with van der Waals surface area (Å²) in [6, 6.07) is 11.0. The summed E-state index contributed by atoms with van der Waals surface area (Å²) in [6.07, 6.45) is 11.4. The van der Waals surface area contributed by atoms with Crippen LogP contribution in [0.1, 0.15) is 116 Å². The number of rotatable bonds is 16. The molecule has 0 heterocycles. The molecule has 2 aromatic carbocycles. The number of carbonyl (C=O) groups is 2. The van der Waals surface area contributed by atoms with Crippen LogP contribution in [0.25, 0.3) is 0 Å². The molecular weight excluding hydrogens is 690 g/mol. The van der Waals surface area contributed by atoms with Gasteiger partial charge in [-0.05, 0) is 72.9 Å². The average molecular weight is 741 g/mol. The van der Waals surface area contributed by atoms with Crippen LogP contribution >= 0.6 is 46.4 Å². The van der Waals surface area contributed by atoms with Gasteiger partial charge in [0.25, 0.3) is 0 Å². The van der Waals surface area contributed by atoms with Gasteiger partial charge in [0, 0.05) is 35.8 Å². The fourth-order valence-electron chi connectivity index (χ4n) is 7.81. The summed E-state index contributed by atoms with van der Waals surface area (Å²) in [6.45, 7) is 8.41. The monoisotopic (exact) mass is 738 g/mol. The highest BCUT2D eigenvalue weighted by Crippen LogP contribution is 2.55. The molecule has 264 valence electrons. The van der Waals surface area contributed by atoms with Gasteiger partial charge in [-0.25, -0.2) is 9.59 Å². The summed E-state index contributed by atoms with van der Waals surface area (Å²) in [4.78, 5) is 27.1. The predicted molar refractivity (Wildman–Crippen MR) is 197 cm³/mol. The minimum Gasteiger partial charge on any atom is -0.440 e. The summed E-state index contributed by atoms with van der Waals surface area (Å²) < 4.78 is 12.4. The van der Waals surface area contributed by atoms with E-state index in [1.165, 1.54) is 0 Å². The Morgan fingerprint density at radius 1 is 0.667 bits per heavy atom.